The second-order valence-electron chi connectivity index (χ2n) is 10.9. The van der Waals surface area contributed by atoms with Gasteiger partial charge in [0.05, 0.1) is 4.47 Å². The van der Waals surface area contributed by atoms with Crippen molar-refractivity contribution < 1.29 is 15.0 Å². The normalized spacial score (nSPS) is 30.6. The van der Waals surface area contributed by atoms with Crippen molar-refractivity contribution in [2.75, 3.05) is 11.9 Å². The number of halogens is 1. The first-order valence-corrected chi connectivity index (χ1v) is 14.4. The van der Waals surface area contributed by atoms with E-state index in [2.05, 4.69) is 45.3 Å². The summed E-state index contributed by atoms with van der Waals surface area (Å²) in [5, 5.41) is 23.4. The van der Waals surface area contributed by atoms with Crippen LogP contribution < -0.4 is 5.32 Å². The van der Waals surface area contributed by atoms with Crippen molar-refractivity contribution in [3.05, 3.63) is 50.5 Å². The Hall–Kier alpha value is -1.70. The number of aryl methyl sites for hydroxylation is 2. The van der Waals surface area contributed by atoms with Gasteiger partial charge in [0.15, 0.2) is 5.13 Å². The SMILES string of the molecule is Cc1cnc(NC(=O)CCC2C/C(=C\CCO)C3(C)CCC4c5cc(Br)c(O)cc5CCC4C23)s1. The summed E-state index contributed by atoms with van der Waals surface area (Å²) in [5.41, 5.74) is 4.32. The Morgan fingerprint density at radius 1 is 1.37 bits per heavy atom. The van der Waals surface area contributed by atoms with Gasteiger partial charge in [-0.05, 0) is 120 Å². The maximum atomic E-state index is 12.8. The van der Waals surface area contributed by atoms with E-state index in [0.717, 1.165) is 47.9 Å². The van der Waals surface area contributed by atoms with E-state index in [-0.39, 0.29) is 17.9 Å². The number of nitrogens with one attached hydrogen (secondary N) is 1. The molecule has 35 heavy (non-hydrogen) atoms. The van der Waals surface area contributed by atoms with Crippen molar-refractivity contribution >= 4 is 38.3 Å². The summed E-state index contributed by atoms with van der Waals surface area (Å²) < 4.78 is 0.783. The summed E-state index contributed by atoms with van der Waals surface area (Å²) >= 11 is 5.06. The number of phenols is 1. The molecule has 0 bridgehead atoms. The molecule has 1 heterocycles. The highest BCUT2D eigenvalue weighted by Gasteiger charge is 2.56. The molecule has 1 aromatic heterocycles. The van der Waals surface area contributed by atoms with Crippen molar-refractivity contribution in [1.29, 1.82) is 0 Å². The Labute approximate surface area is 220 Å². The summed E-state index contributed by atoms with van der Waals surface area (Å²) in [6.45, 7) is 4.62. The highest BCUT2D eigenvalue weighted by molar-refractivity contribution is 9.10. The molecular formula is C28H35BrN2O3S. The van der Waals surface area contributed by atoms with E-state index in [4.69, 9.17) is 0 Å². The van der Waals surface area contributed by atoms with E-state index in [1.165, 1.54) is 28.0 Å². The zero-order valence-corrected chi connectivity index (χ0v) is 22.9. The Morgan fingerprint density at radius 3 is 2.94 bits per heavy atom. The van der Waals surface area contributed by atoms with Gasteiger partial charge in [0, 0.05) is 24.1 Å². The lowest BCUT2D eigenvalue weighted by molar-refractivity contribution is -0.116. The molecule has 0 spiro atoms. The van der Waals surface area contributed by atoms with Crippen molar-refractivity contribution in [3.63, 3.8) is 0 Å². The molecule has 0 saturated heterocycles. The summed E-state index contributed by atoms with van der Waals surface area (Å²) in [4.78, 5) is 18.1. The molecule has 3 N–H and O–H groups in total. The van der Waals surface area contributed by atoms with E-state index in [9.17, 15) is 15.0 Å². The Morgan fingerprint density at radius 2 is 2.20 bits per heavy atom. The monoisotopic (exact) mass is 558 g/mol. The molecular weight excluding hydrogens is 524 g/mol. The molecule has 2 fully saturated rings. The van der Waals surface area contributed by atoms with Crippen LogP contribution in [0.1, 0.15) is 73.8 Å². The van der Waals surface area contributed by atoms with Crippen LogP contribution in [0.5, 0.6) is 5.75 Å². The fourth-order valence-electron chi connectivity index (χ4n) is 7.46. The predicted molar refractivity (Wildman–Crippen MR) is 144 cm³/mol. The predicted octanol–water partition coefficient (Wildman–Crippen LogP) is 6.73. The fourth-order valence-corrected chi connectivity index (χ4v) is 8.51. The van der Waals surface area contributed by atoms with Crippen LogP contribution in [0.15, 0.2) is 34.5 Å². The molecule has 0 aliphatic heterocycles. The third kappa shape index (κ3) is 4.72. The minimum Gasteiger partial charge on any atom is -0.507 e. The van der Waals surface area contributed by atoms with Gasteiger partial charge >= 0.3 is 0 Å². The number of rotatable bonds is 6. The van der Waals surface area contributed by atoms with E-state index in [1.807, 2.05) is 13.0 Å². The molecule has 7 heteroatoms. The van der Waals surface area contributed by atoms with Gasteiger partial charge in [-0.2, -0.15) is 0 Å². The zero-order chi connectivity index (χ0) is 24.7. The van der Waals surface area contributed by atoms with Crippen LogP contribution in [0.3, 0.4) is 0 Å². The maximum absolute atomic E-state index is 12.8. The van der Waals surface area contributed by atoms with Gasteiger partial charge < -0.3 is 15.5 Å². The maximum Gasteiger partial charge on any atom is 0.226 e. The number of fused-ring (bicyclic) bond motifs is 5. The van der Waals surface area contributed by atoms with E-state index in [1.54, 1.807) is 6.20 Å². The van der Waals surface area contributed by atoms with Gasteiger partial charge in [-0.3, -0.25) is 4.79 Å². The molecule has 2 aromatic rings. The molecule has 188 valence electrons. The van der Waals surface area contributed by atoms with Crippen LogP contribution in [-0.2, 0) is 11.2 Å². The number of aromatic nitrogens is 1. The third-order valence-corrected chi connectivity index (χ3v) is 10.4. The third-order valence-electron chi connectivity index (χ3n) is 8.90. The summed E-state index contributed by atoms with van der Waals surface area (Å²) in [7, 11) is 0. The molecule has 0 radical (unpaired) electrons. The molecule has 5 nitrogen and oxygen atoms in total. The number of carbonyl (C=O) groups is 1. The first kappa shape index (κ1) is 25.0. The number of nitrogens with zero attached hydrogens (tertiary/aromatic N) is 1. The summed E-state index contributed by atoms with van der Waals surface area (Å²) in [6, 6.07) is 4.10. The fraction of sp³-hybridized carbons (Fsp3) is 0.571. The minimum atomic E-state index is 0.0506. The van der Waals surface area contributed by atoms with Crippen LogP contribution in [-0.4, -0.2) is 27.7 Å². The number of allylic oxidation sites excluding steroid dienone is 1. The molecule has 1 amide bonds. The van der Waals surface area contributed by atoms with Crippen LogP contribution >= 0.6 is 27.3 Å². The largest absolute Gasteiger partial charge is 0.507 e. The number of hydrogen-bond acceptors (Lipinski definition) is 5. The second kappa shape index (κ2) is 9.98. The standard InChI is InChI=1S/C28H35BrN2O3S/c1-16-15-30-27(35-16)31-25(34)8-6-18-12-19(4-3-11-32)28(2)10-9-20-21(26(18)28)7-5-17-13-24(33)23(29)14-22(17)20/h4,13-15,18,20-21,26,32-33H,3,5-12H2,1-2H3,(H,30,31,34)/b19-4+. The smallest absolute Gasteiger partial charge is 0.226 e. The Bertz CT molecular complexity index is 1150. The number of phenolic OH excluding ortho intramolecular Hbond substituents is 1. The molecule has 5 rings (SSSR count). The number of carbonyl (C=O) groups excluding carboxylic acids is 1. The zero-order valence-electron chi connectivity index (χ0n) is 20.5. The highest BCUT2D eigenvalue weighted by atomic mass is 79.9. The number of amides is 1. The van der Waals surface area contributed by atoms with Crippen LogP contribution in [0, 0.1) is 30.1 Å². The van der Waals surface area contributed by atoms with Crippen molar-refractivity contribution in [3.8, 4) is 5.75 Å². The van der Waals surface area contributed by atoms with Gasteiger partial charge in [-0.25, -0.2) is 4.98 Å². The van der Waals surface area contributed by atoms with Crippen LogP contribution in [0.4, 0.5) is 5.13 Å². The number of hydrogen-bond donors (Lipinski definition) is 3. The van der Waals surface area contributed by atoms with Gasteiger partial charge in [0.25, 0.3) is 0 Å². The lowest BCUT2D eigenvalue weighted by atomic mass is 9.53. The molecule has 3 aliphatic carbocycles. The highest BCUT2D eigenvalue weighted by Crippen LogP contribution is 2.65. The lowest BCUT2D eigenvalue weighted by Gasteiger charge is -2.51. The van der Waals surface area contributed by atoms with Crippen molar-refractivity contribution in [1.82, 2.24) is 4.98 Å². The van der Waals surface area contributed by atoms with Crippen molar-refractivity contribution in [2.24, 2.45) is 23.2 Å². The van der Waals surface area contributed by atoms with Crippen LogP contribution in [0.2, 0.25) is 0 Å². The summed E-state index contributed by atoms with van der Waals surface area (Å²) in [6.07, 6.45) is 11.6. The topological polar surface area (TPSA) is 82.5 Å². The Kier molecular flexibility index (Phi) is 7.12. The number of thiazole rings is 1. The van der Waals surface area contributed by atoms with Crippen LogP contribution in [0.25, 0.3) is 0 Å². The van der Waals surface area contributed by atoms with E-state index >= 15 is 0 Å². The quantitative estimate of drug-likeness (QED) is 0.343. The van der Waals surface area contributed by atoms with Gasteiger partial charge in [-0.1, -0.05) is 18.6 Å². The molecule has 1 aromatic carbocycles. The number of aliphatic hydroxyl groups excluding tert-OH is 1. The number of anilines is 1. The first-order chi connectivity index (χ1) is 16.8. The summed E-state index contributed by atoms with van der Waals surface area (Å²) in [5.74, 6) is 2.45. The molecule has 2 saturated carbocycles. The molecule has 3 aliphatic rings. The van der Waals surface area contributed by atoms with Gasteiger partial charge in [0.2, 0.25) is 5.91 Å². The average molecular weight is 560 g/mol. The molecule has 5 atom stereocenters. The Balaban J connectivity index is 1.39. The van der Waals surface area contributed by atoms with Crippen molar-refractivity contribution in [2.45, 2.75) is 71.1 Å². The van der Waals surface area contributed by atoms with Gasteiger partial charge in [0.1, 0.15) is 5.75 Å². The second-order valence-corrected chi connectivity index (χ2v) is 13.0. The lowest BCUT2D eigenvalue weighted by Crippen LogP contribution is -2.42. The van der Waals surface area contributed by atoms with E-state index < -0.39 is 0 Å². The molecule has 5 unspecified atom stereocenters. The van der Waals surface area contributed by atoms with Gasteiger partial charge in [-0.15, -0.1) is 11.3 Å². The van der Waals surface area contributed by atoms with E-state index in [0.29, 0.717) is 47.4 Å². The first-order valence-electron chi connectivity index (χ1n) is 12.8. The number of aromatic hydroxyl groups is 1. The number of aliphatic hydroxyl groups is 1. The minimum absolute atomic E-state index is 0.0506. The number of benzene rings is 1. The average Bonchev–Trinajstić information content (AvgIpc) is 3.36.